The first kappa shape index (κ1) is 20.0. The molecular weight excluding hydrogens is 336 g/mol. The van der Waals surface area contributed by atoms with E-state index < -0.39 is 11.7 Å². The van der Waals surface area contributed by atoms with Gasteiger partial charge < -0.3 is 20.4 Å². The Bertz CT molecular complexity index is 653. The zero-order chi connectivity index (χ0) is 19.3. The van der Waals surface area contributed by atoms with E-state index >= 15 is 0 Å². The summed E-state index contributed by atoms with van der Waals surface area (Å²) in [6.45, 7) is 3.64. The molecule has 1 saturated heterocycles. The Labute approximate surface area is 162 Å². The second kappa shape index (κ2) is 8.98. The van der Waals surface area contributed by atoms with Gasteiger partial charge in [0.2, 0.25) is 0 Å². The lowest BCUT2D eigenvalue weighted by Gasteiger charge is -2.39. The van der Waals surface area contributed by atoms with Gasteiger partial charge in [-0.25, -0.2) is 0 Å². The fourth-order valence-electron chi connectivity index (χ4n) is 4.19. The molecule has 0 spiro atoms. The van der Waals surface area contributed by atoms with Gasteiger partial charge in [0, 0.05) is 18.6 Å². The summed E-state index contributed by atoms with van der Waals surface area (Å²) < 4.78 is 0. The summed E-state index contributed by atoms with van der Waals surface area (Å²) in [4.78, 5) is 2.42. The summed E-state index contributed by atoms with van der Waals surface area (Å²) in [6, 6.07) is 19.9. The second-order valence-electron chi connectivity index (χ2n) is 7.69. The zero-order valence-electron chi connectivity index (χ0n) is 16.4. The number of nitrogens with one attached hydrogen (secondary N) is 1. The molecular formula is C23H32N2O2. The van der Waals surface area contributed by atoms with Crippen LogP contribution in [-0.2, 0) is 5.60 Å². The van der Waals surface area contributed by atoms with Gasteiger partial charge in [-0.05, 0) is 44.0 Å². The van der Waals surface area contributed by atoms with Gasteiger partial charge in [0.15, 0.2) is 0 Å². The molecule has 1 aliphatic heterocycles. The molecule has 0 radical (unpaired) electrons. The van der Waals surface area contributed by atoms with Crippen LogP contribution in [0.15, 0.2) is 60.7 Å². The molecule has 3 unspecified atom stereocenters. The van der Waals surface area contributed by atoms with Crippen molar-refractivity contribution in [1.82, 2.24) is 10.2 Å². The van der Waals surface area contributed by atoms with E-state index in [1.165, 1.54) is 0 Å². The topological polar surface area (TPSA) is 55.7 Å². The van der Waals surface area contributed by atoms with Crippen molar-refractivity contribution in [3.05, 3.63) is 71.8 Å². The van der Waals surface area contributed by atoms with Crippen LogP contribution in [0, 0.1) is 0 Å². The molecule has 3 rings (SSSR count). The molecule has 1 heterocycles. The van der Waals surface area contributed by atoms with Crippen LogP contribution in [0.4, 0.5) is 0 Å². The molecule has 27 heavy (non-hydrogen) atoms. The Morgan fingerprint density at radius 2 is 1.63 bits per heavy atom. The van der Waals surface area contributed by atoms with Crippen molar-refractivity contribution in [2.45, 2.75) is 50.0 Å². The number of benzene rings is 2. The van der Waals surface area contributed by atoms with Gasteiger partial charge in [-0.1, -0.05) is 67.6 Å². The maximum atomic E-state index is 11.6. The van der Waals surface area contributed by atoms with Gasteiger partial charge in [0.25, 0.3) is 0 Å². The van der Waals surface area contributed by atoms with Gasteiger partial charge in [0.1, 0.15) is 11.7 Å². The molecule has 0 aliphatic carbocycles. The number of piperidine rings is 1. The van der Waals surface area contributed by atoms with E-state index in [1.54, 1.807) is 0 Å². The third-order valence-corrected chi connectivity index (χ3v) is 5.99. The molecule has 4 nitrogen and oxygen atoms in total. The number of aliphatic hydroxyl groups is 2. The van der Waals surface area contributed by atoms with Crippen LogP contribution in [-0.4, -0.2) is 53.4 Å². The third-order valence-electron chi connectivity index (χ3n) is 5.99. The van der Waals surface area contributed by atoms with Crippen LogP contribution in [0.25, 0.3) is 0 Å². The highest BCUT2D eigenvalue weighted by Gasteiger charge is 2.39. The van der Waals surface area contributed by atoms with Crippen molar-refractivity contribution < 1.29 is 10.2 Å². The number of hydrogen-bond donors (Lipinski definition) is 3. The van der Waals surface area contributed by atoms with Crippen molar-refractivity contribution >= 4 is 0 Å². The van der Waals surface area contributed by atoms with E-state index in [1.807, 2.05) is 60.7 Å². The number of hydrogen-bond acceptors (Lipinski definition) is 4. The number of aliphatic hydroxyl groups excluding tert-OH is 1. The molecule has 0 aromatic heterocycles. The molecule has 1 fully saturated rings. The standard InChI is InChI=1S/C23H32N2O2/c1-3-21-16-20(14-15-25(21)2)24-17-22(26)23(27,18-10-6-4-7-11-18)19-12-8-5-9-13-19/h4-13,20-22,24,26-27H,3,14-17H2,1-2H3. The maximum Gasteiger partial charge on any atom is 0.142 e. The molecule has 2 aromatic rings. The third kappa shape index (κ3) is 4.41. The van der Waals surface area contributed by atoms with E-state index in [4.69, 9.17) is 0 Å². The van der Waals surface area contributed by atoms with Crippen molar-refractivity contribution in [3.63, 3.8) is 0 Å². The summed E-state index contributed by atoms with van der Waals surface area (Å²) >= 11 is 0. The summed E-state index contributed by atoms with van der Waals surface area (Å²) in [5.41, 5.74) is -0.0221. The monoisotopic (exact) mass is 368 g/mol. The average Bonchev–Trinajstić information content (AvgIpc) is 2.73. The van der Waals surface area contributed by atoms with Crippen LogP contribution in [0.5, 0.6) is 0 Å². The van der Waals surface area contributed by atoms with Gasteiger partial charge in [-0.3, -0.25) is 0 Å². The van der Waals surface area contributed by atoms with Gasteiger partial charge in [0.05, 0.1) is 0 Å². The van der Waals surface area contributed by atoms with Crippen LogP contribution < -0.4 is 5.32 Å². The molecule has 3 atom stereocenters. The molecule has 1 aliphatic rings. The zero-order valence-corrected chi connectivity index (χ0v) is 16.4. The van der Waals surface area contributed by atoms with Crippen molar-refractivity contribution in [2.24, 2.45) is 0 Å². The highest BCUT2D eigenvalue weighted by atomic mass is 16.3. The van der Waals surface area contributed by atoms with Gasteiger partial charge >= 0.3 is 0 Å². The minimum Gasteiger partial charge on any atom is -0.388 e. The van der Waals surface area contributed by atoms with Gasteiger partial charge in [-0.2, -0.15) is 0 Å². The lowest BCUT2D eigenvalue weighted by molar-refractivity contribution is -0.0501. The van der Waals surface area contributed by atoms with E-state index in [9.17, 15) is 10.2 Å². The normalized spacial score (nSPS) is 22.5. The minimum absolute atomic E-state index is 0.352. The highest BCUT2D eigenvalue weighted by molar-refractivity contribution is 5.37. The van der Waals surface area contributed by atoms with Crippen LogP contribution >= 0.6 is 0 Å². The molecule has 4 heteroatoms. The average molecular weight is 369 g/mol. The lowest BCUT2D eigenvalue weighted by atomic mass is 9.81. The molecule has 2 aromatic carbocycles. The predicted octanol–water partition coefficient (Wildman–Crippen LogP) is 2.75. The summed E-state index contributed by atoms with van der Waals surface area (Å²) in [7, 11) is 2.18. The Balaban J connectivity index is 1.75. The van der Waals surface area contributed by atoms with Crippen LogP contribution in [0.3, 0.4) is 0 Å². The smallest absolute Gasteiger partial charge is 0.142 e. The van der Waals surface area contributed by atoms with E-state index in [-0.39, 0.29) is 0 Å². The molecule has 146 valence electrons. The Hall–Kier alpha value is -1.72. The summed E-state index contributed by atoms with van der Waals surface area (Å²) in [5.74, 6) is 0. The van der Waals surface area contributed by atoms with Crippen molar-refractivity contribution in [2.75, 3.05) is 20.1 Å². The first-order valence-corrected chi connectivity index (χ1v) is 10.0. The predicted molar refractivity (Wildman–Crippen MR) is 110 cm³/mol. The van der Waals surface area contributed by atoms with E-state index in [2.05, 4.69) is 24.2 Å². The Kier molecular flexibility index (Phi) is 6.66. The highest BCUT2D eigenvalue weighted by Crippen LogP contribution is 2.33. The Morgan fingerprint density at radius 3 is 2.15 bits per heavy atom. The van der Waals surface area contributed by atoms with E-state index in [0.29, 0.717) is 29.8 Å². The van der Waals surface area contributed by atoms with Crippen molar-refractivity contribution in [1.29, 1.82) is 0 Å². The SMILES string of the molecule is CCC1CC(NCC(O)C(O)(c2ccccc2)c2ccccc2)CCN1C. The quantitative estimate of drug-likeness (QED) is 0.703. The first-order chi connectivity index (χ1) is 13.1. The number of likely N-dealkylation sites (tertiary alicyclic amines) is 1. The Morgan fingerprint density at radius 1 is 1.07 bits per heavy atom. The molecule has 0 bridgehead atoms. The van der Waals surface area contributed by atoms with Gasteiger partial charge in [-0.15, -0.1) is 0 Å². The van der Waals surface area contributed by atoms with Crippen molar-refractivity contribution in [3.8, 4) is 0 Å². The fourth-order valence-corrected chi connectivity index (χ4v) is 4.19. The maximum absolute atomic E-state index is 11.6. The number of nitrogens with zero attached hydrogens (tertiary/aromatic N) is 1. The summed E-state index contributed by atoms with van der Waals surface area (Å²) in [6.07, 6.45) is 2.33. The largest absolute Gasteiger partial charge is 0.388 e. The first-order valence-electron chi connectivity index (χ1n) is 10.0. The van der Waals surface area contributed by atoms with Crippen LogP contribution in [0.1, 0.15) is 37.3 Å². The van der Waals surface area contributed by atoms with Crippen LogP contribution in [0.2, 0.25) is 0 Å². The number of rotatable bonds is 7. The summed E-state index contributed by atoms with van der Waals surface area (Å²) in [5, 5.41) is 26.2. The minimum atomic E-state index is -1.44. The lowest BCUT2D eigenvalue weighted by Crippen LogP contribution is -2.51. The fraction of sp³-hybridized carbons (Fsp3) is 0.478. The molecule has 0 saturated carbocycles. The molecule has 3 N–H and O–H groups in total. The molecule has 0 amide bonds. The second-order valence-corrected chi connectivity index (χ2v) is 7.69. The van der Waals surface area contributed by atoms with E-state index in [0.717, 1.165) is 25.8 Å².